The number of hydrogen-bond acceptors (Lipinski definition) is 5. The van der Waals surface area contributed by atoms with E-state index in [0.717, 1.165) is 6.42 Å². The molecule has 0 fully saturated rings. The van der Waals surface area contributed by atoms with Gasteiger partial charge in [0.15, 0.2) is 14.1 Å². The molecule has 0 N–H and O–H groups in total. The van der Waals surface area contributed by atoms with Crippen LogP contribution in [0, 0.1) is 9.77 Å². The summed E-state index contributed by atoms with van der Waals surface area (Å²) in [5.74, 6) is -0.245. The van der Waals surface area contributed by atoms with Crippen LogP contribution in [0.5, 0.6) is 0 Å². The molecule has 1 aromatic heterocycles. The summed E-state index contributed by atoms with van der Waals surface area (Å²) in [6, 6.07) is 13.7. The third-order valence-electron chi connectivity index (χ3n) is 3.89. The molecule has 1 heterocycles. The first kappa shape index (κ1) is 18.9. The van der Waals surface area contributed by atoms with Crippen LogP contribution in [0.3, 0.4) is 0 Å². The second-order valence-electron chi connectivity index (χ2n) is 5.70. The van der Waals surface area contributed by atoms with E-state index < -0.39 is 0 Å². The summed E-state index contributed by atoms with van der Waals surface area (Å²) in [4.78, 5) is 12.6. The first-order valence-electron chi connectivity index (χ1n) is 8.14. The molecule has 0 aliphatic carbocycles. The zero-order valence-electron chi connectivity index (χ0n) is 14.3. The molecule has 0 radical (unpaired) electrons. The van der Waals surface area contributed by atoms with Crippen molar-refractivity contribution in [3.63, 3.8) is 0 Å². The average molecular weight is 405 g/mol. The van der Waals surface area contributed by atoms with Crippen molar-refractivity contribution in [3.8, 4) is 5.69 Å². The Bertz CT molecular complexity index is 962. The maximum absolute atomic E-state index is 13.1. The third-order valence-corrected chi connectivity index (χ3v) is 6.31. The maximum Gasteiger partial charge on any atom is 0.184 e. The molecule has 0 unspecified atom stereocenters. The Balaban J connectivity index is 1.76. The van der Waals surface area contributed by atoms with Crippen molar-refractivity contribution in [2.24, 2.45) is 0 Å². The van der Waals surface area contributed by atoms with Crippen LogP contribution in [0.1, 0.15) is 29.8 Å². The van der Waals surface area contributed by atoms with E-state index in [1.165, 1.54) is 40.8 Å². The van der Waals surface area contributed by atoms with Crippen LogP contribution in [-0.2, 0) is 6.42 Å². The number of carbonyl (C=O) groups is 1. The van der Waals surface area contributed by atoms with Crippen LogP contribution >= 0.6 is 35.3 Å². The van der Waals surface area contributed by atoms with E-state index >= 15 is 0 Å². The number of ketones is 1. The van der Waals surface area contributed by atoms with Crippen LogP contribution in [0.25, 0.3) is 5.69 Å². The van der Waals surface area contributed by atoms with Gasteiger partial charge < -0.3 is 0 Å². The highest BCUT2D eigenvalue weighted by atomic mass is 32.2. The molecular weight excluding hydrogens is 387 g/mol. The number of nitrogens with zero attached hydrogens (tertiary/aromatic N) is 2. The van der Waals surface area contributed by atoms with Crippen molar-refractivity contribution in [1.29, 1.82) is 0 Å². The van der Waals surface area contributed by atoms with Crippen LogP contribution in [0.2, 0.25) is 0 Å². The smallest absolute Gasteiger partial charge is 0.184 e. The van der Waals surface area contributed by atoms with Gasteiger partial charge in [-0.05, 0) is 55.4 Å². The molecule has 3 nitrogen and oxygen atoms in total. The van der Waals surface area contributed by atoms with E-state index in [4.69, 9.17) is 12.2 Å². The largest absolute Gasteiger partial charge is 0.293 e. The lowest BCUT2D eigenvalue weighted by molar-refractivity contribution is 0.0994. The van der Waals surface area contributed by atoms with Crippen LogP contribution in [-0.4, -0.2) is 20.8 Å². The summed E-state index contributed by atoms with van der Waals surface area (Å²) < 4.78 is 15.9. The number of benzene rings is 2. The number of aryl methyl sites for hydroxylation is 1. The number of Topliss-reactive ketones (excluding diaryl/α,β-unsaturated/α-hetero) is 1. The Morgan fingerprint density at radius 2 is 1.88 bits per heavy atom. The monoisotopic (exact) mass is 404 g/mol. The first-order valence-corrected chi connectivity index (χ1v) is 10.2. The van der Waals surface area contributed by atoms with Crippen molar-refractivity contribution in [1.82, 2.24) is 9.78 Å². The molecule has 0 spiro atoms. The number of halogens is 1. The van der Waals surface area contributed by atoms with Gasteiger partial charge in [0.05, 0.1) is 10.9 Å². The molecule has 2 aromatic carbocycles. The predicted molar refractivity (Wildman–Crippen MR) is 108 cm³/mol. The zero-order chi connectivity index (χ0) is 18.7. The lowest BCUT2D eigenvalue weighted by atomic mass is 10.1. The van der Waals surface area contributed by atoms with Crippen LogP contribution in [0.15, 0.2) is 52.9 Å². The standard InChI is InChI=1S/C19H17FN2OS3/c1-3-13-4-6-14(7-5-13)17(23)12(2)25-18-21-22(19(24)26-18)16-10-8-15(20)9-11-16/h4-12H,3H2,1-2H3/t12-/m1/s1. The van der Waals surface area contributed by atoms with Gasteiger partial charge >= 0.3 is 0 Å². The second kappa shape index (κ2) is 8.24. The van der Waals surface area contributed by atoms with Gasteiger partial charge in [-0.3, -0.25) is 4.79 Å². The lowest BCUT2D eigenvalue weighted by Gasteiger charge is -2.08. The predicted octanol–water partition coefficient (Wildman–Crippen LogP) is 5.73. The van der Waals surface area contributed by atoms with Gasteiger partial charge in [-0.2, -0.15) is 0 Å². The van der Waals surface area contributed by atoms with Gasteiger partial charge in [0.2, 0.25) is 0 Å². The summed E-state index contributed by atoms with van der Waals surface area (Å²) in [5, 5.41) is 4.20. The highest BCUT2D eigenvalue weighted by Crippen LogP contribution is 2.29. The molecule has 134 valence electrons. The summed E-state index contributed by atoms with van der Waals surface area (Å²) in [5.41, 5.74) is 2.61. The summed E-state index contributed by atoms with van der Waals surface area (Å²) >= 11 is 8.08. The Labute approximate surface area is 164 Å². The van der Waals surface area contributed by atoms with Crippen LogP contribution in [0.4, 0.5) is 4.39 Å². The SMILES string of the molecule is CCc1ccc(C(=O)[C@@H](C)Sc2nn(-c3ccc(F)cc3)c(=S)s2)cc1. The number of hydrogen-bond donors (Lipinski definition) is 0. The third kappa shape index (κ3) is 4.28. The van der Waals surface area contributed by atoms with Crippen molar-refractivity contribution < 1.29 is 9.18 Å². The molecule has 0 aliphatic heterocycles. The van der Waals surface area contributed by atoms with Gasteiger partial charge in [0.1, 0.15) is 5.82 Å². The molecule has 3 aromatic rings. The molecule has 0 aliphatic rings. The first-order chi connectivity index (χ1) is 12.5. The fourth-order valence-corrected chi connectivity index (χ4v) is 4.98. The van der Waals surface area contributed by atoms with Gasteiger partial charge in [-0.1, -0.05) is 54.3 Å². The molecule has 0 amide bonds. The van der Waals surface area contributed by atoms with E-state index in [1.54, 1.807) is 16.8 Å². The molecule has 7 heteroatoms. The normalized spacial score (nSPS) is 12.1. The van der Waals surface area contributed by atoms with Crippen LogP contribution < -0.4 is 0 Å². The van der Waals surface area contributed by atoms with Crippen molar-refractivity contribution in [2.75, 3.05) is 0 Å². The van der Waals surface area contributed by atoms with Gasteiger partial charge in [-0.15, -0.1) is 5.10 Å². The summed E-state index contributed by atoms with van der Waals surface area (Å²) in [7, 11) is 0. The van der Waals surface area contributed by atoms with Gasteiger partial charge in [-0.25, -0.2) is 9.07 Å². The number of rotatable bonds is 6. The summed E-state index contributed by atoms with van der Waals surface area (Å²) in [6.45, 7) is 3.95. The molecule has 0 bridgehead atoms. The van der Waals surface area contributed by atoms with E-state index in [1.807, 2.05) is 31.2 Å². The molecule has 3 rings (SSSR count). The van der Waals surface area contributed by atoms with Crippen molar-refractivity contribution >= 4 is 41.1 Å². The molecular formula is C19H17FN2OS3. The summed E-state index contributed by atoms with van der Waals surface area (Å²) in [6.07, 6.45) is 0.947. The van der Waals surface area contributed by atoms with E-state index in [9.17, 15) is 9.18 Å². The average Bonchev–Trinajstić information content (AvgIpc) is 3.02. The maximum atomic E-state index is 13.1. The minimum atomic E-state index is -0.307. The molecule has 0 saturated carbocycles. The highest BCUT2D eigenvalue weighted by molar-refractivity contribution is 8.02. The van der Waals surface area contributed by atoms with Crippen molar-refractivity contribution in [3.05, 3.63) is 69.4 Å². The number of thioether (sulfide) groups is 1. The second-order valence-corrected chi connectivity index (χ2v) is 8.91. The number of carbonyl (C=O) groups excluding carboxylic acids is 1. The minimum Gasteiger partial charge on any atom is -0.293 e. The van der Waals surface area contributed by atoms with E-state index in [2.05, 4.69) is 12.0 Å². The van der Waals surface area contributed by atoms with E-state index in [-0.39, 0.29) is 16.9 Å². The van der Waals surface area contributed by atoms with Crippen molar-refractivity contribution in [2.45, 2.75) is 29.9 Å². The fraction of sp³-hybridized carbons (Fsp3) is 0.211. The number of aromatic nitrogens is 2. The molecule has 26 heavy (non-hydrogen) atoms. The Morgan fingerprint density at radius 1 is 1.23 bits per heavy atom. The quantitative estimate of drug-likeness (QED) is 0.299. The van der Waals surface area contributed by atoms with Gasteiger partial charge in [0.25, 0.3) is 0 Å². The topological polar surface area (TPSA) is 34.9 Å². The Kier molecular flexibility index (Phi) is 6.01. The van der Waals surface area contributed by atoms with Gasteiger partial charge in [0, 0.05) is 5.56 Å². The minimum absolute atomic E-state index is 0.0621. The van der Waals surface area contributed by atoms with E-state index in [0.29, 0.717) is 19.5 Å². The lowest BCUT2D eigenvalue weighted by Crippen LogP contribution is -2.13. The Hall–Kier alpha value is -1.83. The molecule has 0 saturated heterocycles. The fourth-order valence-electron chi connectivity index (χ4n) is 2.40. The Morgan fingerprint density at radius 3 is 2.50 bits per heavy atom. The molecule has 1 atom stereocenters. The zero-order valence-corrected chi connectivity index (χ0v) is 16.8. The highest BCUT2D eigenvalue weighted by Gasteiger charge is 2.19.